The smallest absolute Gasteiger partial charge is 0.0741 e. The Balaban J connectivity index is 1.66. The van der Waals surface area contributed by atoms with Crippen LogP contribution < -0.4 is 0 Å². The standard InChI is InChI=1S/C30H32N2/c1-19(2)14-20-15-22-10-11-25-26(28(22)32-18-20)12-13-31-29(25)23-16-21-8-6-7-9-24(21)27(17-23)30(3,4)5/h6-9,12-13,15-19H,10-11,14H2,1-5H3. The summed E-state index contributed by atoms with van der Waals surface area (Å²) in [5, 5.41) is 2.61. The molecule has 32 heavy (non-hydrogen) atoms. The summed E-state index contributed by atoms with van der Waals surface area (Å²) >= 11 is 0. The molecular formula is C30H32N2. The van der Waals surface area contributed by atoms with Crippen LogP contribution >= 0.6 is 0 Å². The second-order valence-electron chi connectivity index (χ2n) is 10.6. The Kier molecular flexibility index (Phi) is 5.12. The molecule has 0 bridgehead atoms. The van der Waals surface area contributed by atoms with Gasteiger partial charge in [-0.05, 0) is 81.8 Å². The third-order valence-corrected chi connectivity index (χ3v) is 6.57. The molecule has 1 aliphatic carbocycles. The molecule has 2 aromatic heterocycles. The zero-order chi connectivity index (χ0) is 22.5. The fourth-order valence-corrected chi connectivity index (χ4v) is 5.12. The van der Waals surface area contributed by atoms with Gasteiger partial charge in [-0.1, -0.05) is 65.0 Å². The Hall–Kier alpha value is -3.00. The second kappa shape index (κ2) is 7.85. The normalized spacial score (nSPS) is 13.3. The van der Waals surface area contributed by atoms with Crippen LogP contribution in [0.5, 0.6) is 0 Å². The Labute approximate surface area is 191 Å². The topological polar surface area (TPSA) is 25.8 Å². The summed E-state index contributed by atoms with van der Waals surface area (Å²) in [5.74, 6) is 0.645. The SMILES string of the molecule is CC(C)Cc1cnc2c(c1)CCc1c-2ccnc1-c1cc(C(C)(C)C)c2ccccc2c1. The highest BCUT2D eigenvalue weighted by Crippen LogP contribution is 2.40. The minimum absolute atomic E-state index is 0.0609. The van der Waals surface area contributed by atoms with Gasteiger partial charge in [-0.2, -0.15) is 0 Å². The molecule has 0 saturated heterocycles. The van der Waals surface area contributed by atoms with Crippen molar-refractivity contribution in [3.05, 3.63) is 83.2 Å². The number of hydrogen-bond donors (Lipinski definition) is 0. The van der Waals surface area contributed by atoms with Gasteiger partial charge in [0, 0.05) is 23.5 Å². The number of hydrogen-bond acceptors (Lipinski definition) is 2. The molecular weight excluding hydrogens is 388 g/mol. The summed E-state index contributed by atoms with van der Waals surface area (Å²) in [5.41, 5.74) is 10.2. The monoisotopic (exact) mass is 420 g/mol. The summed E-state index contributed by atoms with van der Waals surface area (Å²) in [6.07, 6.45) is 7.15. The molecule has 0 amide bonds. The van der Waals surface area contributed by atoms with Crippen molar-refractivity contribution in [3.63, 3.8) is 0 Å². The first-order valence-corrected chi connectivity index (χ1v) is 11.8. The number of pyridine rings is 2. The van der Waals surface area contributed by atoms with Crippen molar-refractivity contribution >= 4 is 10.8 Å². The molecule has 0 aliphatic heterocycles. The molecule has 4 aromatic rings. The lowest BCUT2D eigenvalue weighted by molar-refractivity contribution is 0.596. The Morgan fingerprint density at radius 2 is 1.72 bits per heavy atom. The van der Waals surface area contributed by atoms with Crippen LogP contribution in [0.1, 0.15) is 56.9 Å². The second-order valence-corrected chi connectivity index (χ2v) is 10.6. The summed E-state index contributed by atoms with van der Waals surface area (Å²) < 4.78 is 0. The molecule has 162 valence electrons. The van der Waals surface area contributed by atoms with Gasteiger partial charge in [0.15, 0.2) is 0 Å². The fourth-order valence-electron chi connectivity index (χ4n) is 5.12. The molecule has 0 radical (unpaired) electrons. The fraction of sp³-hybridized carbons (Fsp3) is 0.333. The van der Waals surface area contributed by atoms with Crippen molar-refractivity contribution in [2.24, 2.45) is 5.92 Å². The van der Waals surface area contributed by atoms with Crippen LogP contribution in [-0.2, 0) is 24.7 Å². The number of fused-ring (bicyclic) bond motifs is 4. The lowest BCUT2D eigenvalue weighted by Gasteiger charge is -2.25. The molecule has 0 unspecified atom stereocenters. The molecule has 0 saturated carbocycles. The average Bonchev–Trinajstić information content (AvgIpc) is 2.76. The van der Waals surface area contributed by atoms with Crippen molar-refractivity contribution in [2.75, 3.05) is 0 Å². The molecule has 2 heterocycles. The average molecular weight is 421 g/mol. The molecule has 0 N–H and O–H groups in total. The quantitative estimate of drug-likeness (QED) is 0.342. The van der Waals surface area contributed by atoms with Crippen LogP contribution in [0.15, 0.2) is 60.9 Å². The van der Waals surface area contributed by atoms with Crippen LogP contribution in [0.3, 0.4) is 0 Å². The van der Waals surface area contributed by atoms with E-state index in [0.717, 1.165) is 30.7 Å². The highest BCUT2D eigenvalue weighted by molar-refractivity contribution is 5.92. The van der Waals surface area contributed by atoms with Crippen molar-refractivity contribution in [3.8, 4) is 22.5 Å². The number of rotatable bonds is 3. The molecule has 0 fully saturated rings. The lowest BCUT2D eigenvalue weighted by Crippen LogP contribution is -2.13. The van der Waals surface area contributed by atoms with E-state index in [2.05, 4.69) is 89.3 Å². The van der Waals surface area contributed by atoms with Crippen LogP contribution in [-0.4, -0.2) is 9.97 Å². The zero-order valence-electron chi connectivity index (χ0n) is 19.9. The maximum absolute atomic E-state index is 4.93. The largest absolute Gasteiger partial charge is 0.256 e. The van der Waals surface area contributed by atoms with Gasteiger partial charge in [0.2, 0.25) is 0 Å². The molecule has 2 aromatic carbocycles. The van der Waals surface area contributed by atoms with Gasteiger partial charge in [-0.3, -0.25) is 9.97 Å². The van der Waals surface area contributed by atoms with Gasteiger partial charge in [0.1, 0.15) is 0 Å². The molecule has 2 nitrogen and oxygen atoms in total. The van der Waals surface area contributed by atoms with Crippen molar-refractivity contribution < 1.29 is 0 Å². The molecule has 1 aliphatic rings. The van der Waals surface area contributed by atoms with Crippen molar-refractivity contribution in [1.29, 1.82) is 0 Å². The number of benzene rings is 2. The van der Waals surface area contributed by atoms with Crippen LogP contribution in [0.25, 0.3) is 33.3 Å². The van der Waals surface area contributed by atoms with E-state index in [9.17, 15) is 0 Å². The van der Waals surface area contributed by atoms with E-state index in [1.807, 2.05) is 6.20 Å². The van der Waals surface area contributed by atoms with Gasteiger partial charge in [0.05, 0.1) is 11.4 Å². The summed E-state index contributed by atoms with van der Waals surface area (Å²) in [4.78, 5) is 9.82. The lowest BCUT2D eigenvalue weighted by atomic mass is 9.81. The number of nitrogens with zero attached hydrogens (tertiary/aromatic N) is 2. The van der Waals surface area contributed by atoms with E-state index < -0.39 is 0 Å². The predicted octanol–water partition coefficient (Wildman–Crippen LogP) is 7.56. The van der Waals surface area contributed by atoms with Gasteiger partial charge < -0.3 is 0 Å². The minimum atomic E-state index is 0.0609. The Morgan fingerprint density at radius 3 is 2.50 bits per heavy atom. The van der Waals surface area contributed by atoms with E-state index in [-0.39, 0.29) is 5.41 Å². The van der Waals surface area contributed by atoms with Crippen LogP contribution in [0.2, 0.25) is 0 Å². The molecule has 5 rings (SSSR count). The van der Waals surface area contributed by atoms with E-state index in [4.69, 9.17) is 9.97 Å². The molecule has 0 spiro atoms. The van der Waals surface area contributed by atoms with Gasteiger partial charge in [0.25, 0.3) is 0 Å². The third-order valence-electron chi connectivity index (χ3n) is 6.57. The van der Waals surface area contributed by atoms with E-state index in [1.165, 1.54) is 44.2 Å². The number of aryl methyl sites for hydroxylation is 1. The van der Waals surface area contributed by atoms with Gasteiger partial charge in [-0.25, -0.2) is 0 Å². The summed E-state index contributed by atoms with van der Waals surface area (Å²) in [6, 6.07) is 17.9. The highest BCUT2D eigenvalue weighted by atomic mass is 14.7. The van der Waals surface area contributed by atoms with Crippen molar-refractivity contribution in [2.45, 2.75) is 59.3 Å². The zero-order valence-corrected chi connectivity index (χ0v) is 19.9. The van der Waals surface area contributed by atoms with Crippen LogP contribution in [0, 0.1) is 5.92 Å². The highest BCUT2D eigenvalue weighted by Gasteiger charge is 2.24. The molecule has 0 atom stereocenters. The number of aromatic nitrogens is 2. The molecule has 2 heteroatoms. The maximum Gasteiger partial charge on any atom is 0.0741 e. The van der Waals surface area contributed by atoms with E-state index in [0.29, 0.717) is 5.92 Å². The van der Waals surface area contributed by atoms with Gasteiger partial charge >= 0.3 is 0 Å². The third kappa shape index (κ3) is 3.72. The van der Waals surface area contributed by atoms with Crippen LogP contribution in [0.4, 0.5) is 0 Å². The predicted molar refractivity (Wildman–Crippen MR) is 135 cm³/mol. The Bertz CT molecular complexity index is 1310. The summed E-state index contributed by atoms with van der Waals surface area (Å²) in [6.45, 7) is 11.4. The first-order chi connectivity index (χ1) is 15.3. The first kappa shape index (κ1) is 20.9. The van der Waals surface area contributed by atoms with E-state index >= 15 is 0 Å². The first-order valence-electron chi connectivity index (χ1n) is 11.8. The van der Waals surface area contributed by atoms with E-state index in [1.54, 1.807) is 0 Å². The van der Waals surface area contributed by atoms with Gasteiger partial charge in [-0.15, -0.1) is 0 Å². The van der Waals surface area contributed by atoms with Crippen molar-refractivity contribution in [1.82, 2.24) is 9.97 Å². The maximum atomic E-state index is 4.93. The summed E-state index contributed by atoms with van der Waals surface area (Å²) in [7, 11) is 0. The minimum Gasteiger partial charge on any atom is -0.256 e. The Morgan fingerprint density at radius 1 is 0.906 bits per heavy atom.